The Balaban J connectivity index is 2.11. The first kappa shape index (κ1) is 15.4. The Morgan fingerprint density at radius 2 is 2.04 bits per heavy atom. The normalized spacial score (nSPS) is 11.9. The van der Waals surface area contributed by atoms with Gasteiger partial charge in [0.15, 0.2) is 5.88 Å². The van der Waals surface area contributed by atoms with E-state index in [0.29, 0.717) is 22.7 Å². The maximum atomic E-state index is 10.2. The number of aliphatic imine (C=N–C) groups is 1. The fourth-order valence-corrected chi connectivity index (χ4v) is 2.94. The number of halogens is 1. The molecule has 0 unspecified atom stereocenters. The maximum Gasteiger partial charge on any atom is 0.198 e. The van der Waals surface area contributed by atoms with E-state index in [4.69, 9.17) is 10.5 Å². The van der Waals surface area contributed by atoms with E-state index in [2.05, 4.69) is 25.9 Å². The van der Waals surface area contributed by atoms with Crippen molar-refractivity contribution in [2.45, 2.75) is 6.92 Å². The Hall–Kier alpha value is -2.47. The van der Waals surface area contributed by atoms with E-state index in [9.17, 15) is 5.11 Å². The molecule has 6 heteroatoms. The molecule has 0 amide bonds. The summed E-state index contributed by atoms with van der Waals surface area (Å²) in [7, 11) is 1.61. The van der Waals surface area contributed by atoms with Gasteiger partial charge in [-0.25, -0.2) is 0 Å². The van der Waals surface area contributed by atoms with Crippen molar-refractivity contribution in [1.82, 2.24) is 4.98 Å². The van der Waals surface area contributed by atoms with Gasteiger partial charge in [0.1, 0.15) is 5.75 Å². The Morgan fingerprint density at radius 3 is 2.78 bits per heavy atom. The monoisotopic (exact) mass is 373 g/mol. The molecular weight excluding hydrogens is 358 g/mol. The Labute approximate surface area is 141 Å². The zero-order chi connectivity index (χ0) is 16.6. The first-order chi connectivity index (χ1) is 11.0. The number of methoxy groups -OCH3 is 1. The summed E-state index contributed by atoms with van der Waals surface area (Å²) in [6.07, 6.45) is 0. The number of hydrogen-bond donors (Lipinski definition) is 3. The highest BCUT2D eigenvalue weighted by Gasteiger charge is 2.14. The van der Waals surface area contributed by atoms with Crippen LogP contribution in [-0.4, -0.2) is 22.9 Å². The number of rotatable bonds is 3. The molecule has 2 aromatic carbocycles. The zero-order valence-corrected chi connectivity index (χ0v) is 14.3. The van der Waals surface area contributed by atoms with E-state index < -0.39 is 0 Å². The molecule has 0 bridgehead atoms. The fourth-order valence-electron chi connectivity index (χ4n) is 2.53. The minimum atomic E-state index is 0.0796. The van der Waals surface area contributed by atoms with Crippen molar-refractivity contribution in [3.8, 4) is 11.6 Å². The molecule has 1 aromatic heterocycles. The molecule has 0 fully saturated rings. The molecule has 5 nitrogen and oxygen atoms in total. The number of aromatic hydroxyl groups is 1. The molecule has 23 heavy (non-hydrogen) atoms. The van der Waals surface area contributed by atoms with Crippen molar-refractivity contribution in [2.75, 3.05) is 12.8 Å². The number of nitrogens with two attached hydrogens (primary N) is 1. The number of aromatic amines is 1. The summed E-state index contributed by atoms with van der Waals surface area (Å²) in [5.41, 5.74) is 9.37. The highest BCUT2D eigenvalue weighted by atomic mass is 79.9. The van der Waals surface area contributed by atoms with Gasteiger partial charge in [-0.15, -0.1) is 0 Å². The maximum absolute atomic E-state index is 10.2. The molecule has 0 aliphatic rings. The molecule has 3 aromatic rings. The van der Waals surface area contributed by atoms with Gasteiger partial charge < -0.3 is 20.6 Å². The smallest absolute Gasteiger partial charge is 0.198 e. The summed E-state index contributed by atoms with van der Waals surface area (Å²) in [5.74, 6) is 0.780. The number of nitrogen functional groups attached to an aromatic ring is 1. The quantitative estimate of drug-likeness (QED) is 0.470. The second kappa shape index (κ2) is 5.96. The molecule has 0 radical (unpaired) electrons. The SMILES string of the molecule is COc1cc(N=C(C)c2c(O)[nH]c3ccc(N)cc23)ccc1Br. The predicted molar refractivity (Wildman–Crippen MR) is 96.9 cm³/mol. The summed E-state index contributed by atoms with van der Waals surface area (Å²) in [4.78, 5) is 7.53. The largest absolute Gasteiger partial charge is 0.495 e. The van der Waals surface area contributed by atoms with Gasteiger partial charge in [0.25, 0.3) is 0 Å². The molecule has 0 atom stereocenters. The molecule has 0 saturated heterocycles. The van der Waals surface area contributed by atoms with E-state index in [0.717, 1.165) is 21.1 Å². The van der Waals surface area contributed by atoms with Crippen LogP contribution in [0, 0.1) is 0 Å². The van der Waals surface area contributed by atoms with Crippen LogP contribution in [0.5, 0.6) is 11.6 Å². The number of anilines is 1. The lowest BCUT2D eigenvalue weighted by atomic mass is 10.1. The molecule has 4 N–H and O–H groups in total. The topological polar surface area (TPSA) is 83.6 Å². The lowest BCUT2D eigenvalue weighted by Gasteiger charge is -2.05. The van der Waals surface area contributed by atoms with E-state index >= 15 is 0 Å². The van der Waals surface area contributed by atoms with Crippen molar-refractivity contribution < 1.29 is 9.84 Å². The van der Waals surface area contributed by atoms with Gasteiger partial charge in [-0.1, -0.05) is 0 Å². The van der Waals surface area contributed by atoms with Crippen molar-refractivity contribution in [2.24, 2.45) is 4.99 Å². The van der Waals surface area contributed by atoms with Crippen LogP contribution in [0.4, 0.5) is 11.4 Å². The number of nitrogens with zero attached hydrogens (tertiary/aromatic N) is 1. The van der Waals surface area contributed by atoms with Gasteiger partial charge in [-0.2, -0.15) is 0 Å². The van der Waals surface area contributed by atoms with Gasteiger partial charge in [0.05, 0.1) is 28.5 Å². The van der Waals surface area contributed by atoms with Crippen LogP contribution >= 0.6 is 15.9 Å². The summed E-state index contributed by atoms with van der Waals surface area (Å²) in [5, 5.41) is 11.0. The zero-order valence-electron chi connectivity index (χ0n) is 12.7. The number of hydrogen-bond acceptors (Lipinski definition) is 4. The van der Waals surface area contributed by atoms with E-state index in [1.807, 2.05) is 37.3 Å². The second-order valence-electron chi connectivity index (χ2n) is 5.17. The second-order valence-corrected chi connectivity index (χ2v) is 6.02. The predicted octanol–water partition coefficient (Wildman–Crippen LogP) is 4.37. The first-order valence-corrected chi connectivity index (χ1v) is 7.78. The Kier molecular flexibility index (Phi) is 4.00. The molecular formula is C17H16BrN3O2. The Morgan fingerprint density at radius 1 is 1.26 bits per heavy atom. The Bertz CT molecular complexity index is 916. The first-order valence-electron chi connectivity index (χ1n) is 6.99. The minimum Gasteiger partial charge on any atom is -0.495 e. The minimum absolute atomic E-state index is 0.0796. The molecule has 0 aliphatic carbocycles. The third-order valence-corrected chi connectivity index (χ3v) is 4.25. The number of aromatic nitrogens is 1. The lowest BCUT2D eigenvalue weighted by molar-refractivity contribution is 0.412. The van der Waals surface area contributed by atoms with Gasteiger partial charge >= 0.3 is 0 Å². The average Bonchev–Trinajstić information content (AvgIpc) is 2.84. The fraction of sp³-hybridized carbons (Fsp3) is 0.118. The molecule has 0 saturated carbocycles. The third-order valence-electron chi connectivity index (χ3n) is 3.60. The van der Waals surface area contributed by atoms with E-state index in [-0.39, 0.29) is 5.88 Å². The molecule has 118 valence electrons. The average molecular weight is 374 g/mol. The van der Waals surface area contributed by atoms with Gasteiger partial charge in [-0.05, 0) is 53.2 Å². The summed E-state index contributed by atoms with van der Waals surface area (Å²) < 4.78 is 6.14. The number of fused-ring (bicyclic) bond motifs is 1. The summed E-state index contributed by atoms with van der Waals surface area (Å²) >= 11 is 3.42. The van der Waals surface area contributed by atoms with Crippen molar-refractivity contribution in [1.29, 1.82) is 0 Å². The van der Waals surface area contributed by atoms with E-state index in [1.165, 1.54) is 0 Å². The summed E-state index contributed by atoms with van der Waals surface area (Å²) in [6, 6.07) is 11.0. The van der Waals surface area contributed by atoms with Gasteiger partial charge in [0.2, 0.25) is 0 Å². The third kappa shape index (κ3) is 2.90. The molecule has 1 heterocycles. The van der Waals surface area contributed by atoms with Crippen molar-refractivity contribution in [3.63, 3.8) is 0 Å². The van der Waals surface area contributed by atoms with Crippen LogP contribution in [0.25, 0.3) is 10.9 Å². The highest BCUT2D eigenvalue weighted by Crippen LogP contribution is 2.32. The van der Waals surface area contributed by atoms with Gasteiger partial charge in [0, 0.05) is 22.7 Å². The lowest BCUT2D eigenvalue weighted by Crippen LogP contribution is -1.94. The summed E-state index contributed by atoms with van der Waals surface area (Å²) in [6.45, 7) is 1.85. The number of benzene rings is 2. The standard InChI is InChI=1S/C17H16BrN3O2/c1-9(20-11-4-5-13(18)15(8-11)23-2)16-12-7-10(19)3-6-14(12)21-17(16)22/h3-8,21-22H,19H2,1-2H3. The van der Waals surface area contributed by atoms with Crippen LogP contribution < -0.4 is 10.5 Å². The molecule has 3 rings (SSSR count). The van der Waals surface area contributed by atoms with Gasteiger partial charge in [-0.3, -0.25) is 4.99 Å². The number of nitrogens with one attached hydrogen (secondary N) is 1. The molecule has 0 spiro atoms. The van der Waals surface area contributed by atoms with Crippen molar-refractivity contribution >= 4 is 43.9 Å². The van der Waals surface area contributed by atoms with E-state index in [1.54, 1.807) is 13.2 Å². The highest BCUT2D eigenvalue weighted by molar-refractivity contribution is 9.10. The van der Waals surface area contributed by atoms with Crippen LogP contribution in [0.3, 0.4) is 0 Å². The van der Waals surface area contributed by atoms with Crippen LogP contribution in [0.15, 0.2) is 45.9 Å². The molecule has 0 aliphatic heterocycles. The number of ether oxygens (including phenoxy) is 1. The van der Waals surface area contributed by atoms with Crippen molar-refractivity contribution in [3.05, 3.63) is 46.4 Å². The van der Waals surface area contributed by atoms with Crippen LogP contribution in [-0.2, 0) is 0 Å². The number of H-pyrrole nitrogens is 1. The van der Waals surface area contributed by atoms with Crippen LogP contribution in [0.2, 0.25) is 0 Å². The van der Waals surface area contributed by atoms with Crippen LogP contribution in [0.1, 0.15) is 12.5 Å².